The molecule has 0 bridgehead atoms. The predicted octanol–water partition coefficient (Wildman–Crippen LogP) is 0.177. The number of carbonyl (C=O) groups is 1. The van der Waals surface area contributed by atoms with Crippen molar-refractivity contribution in [3.8, 4) is 0 Å². The standard InChI is InChI=1S/C9H13ClN4O2/c10-3-2-8-12-13-9(16-8)14-5-1-4-11-7(15)6-14/h1-6H2,(H,11,15). The normalized spacial score (nSPS) is 17.1. The van der Waals surface area contributed by atoms with Crippen molar-refractivity contribution in [1.82, 2.24) is 15.5 Å². The van der Waals surface area contributed by atoms with E-state index in [1.54, 1.807) is 4.90 Å². The minimum atomic E-state index is -0.0189. The summed E-state index contributed by atoms with van der Waals surface area (Å²) in [6.07, 6.45) is 1.42. The van der Waals surface area contributed by atoms with E-state index in [0.717, 1.165) is 13.0 Å². The summed E-state index contributed by atoms with van der Waals surface area (Å²) in [5, 5.41) is 10.6. The first-order valence-electron chi connectivity index (χ1n) is 5.19. The van der Waals surface area contributed by atoms with Crippen LogP contribution < -0.4 is 10.2 Å². The molecule has 1 aromatic heterocycles. The number of amides is 1. The molecule has 2 heterocycles. The van der Waals surface area contributed by atoms with E-state index in [0.29, 0.717) is 30.8 Å². The first kappa shape index (κ1) is 11.2. The zero-order valence-electron chi connectivity index (χ0n) is 8.78. The fourth-order valence-corrected chi connectivity index (χ4v) is 1.69. The molecule has 0 radical (unpaired) electrons. The number of alkyl halides is 1. The molecule has 6 nitrogen and oxygen atoms in total. The molecule has 1 fully saturated rings. The van der Waals surface area contributed by atoms with Crippen molar-refractivity contribution < 1.29 is 9.21 Å². The Balaban J connectivity index is 2.06. The molecule has 16 heavy (non-hydrogen) atoms. The van der Waals surface area contributed by atoms with Gasteiger partial charge >= 0.3 is 6.01 Å². The summed E-state index contributed by atoms with van der Waals surface area (Å²) >= 11 is 5.57. The minimum Gasteiger partial charge on any atom is -0.408 e. The van der Waals surface area contributed by atoms with Crippen LogP contribution in [-0.4, -0.2) is 41.6 Å². The maximum absolute atomic E-state index is 11.3. The van der Waals surface area contributed by atoms with Crippen molar-refractivity contribution in [2.24, 2.45) is 0 Å². The van der Waals surface area contributed by atoms with Gasteiger partial charge in [0.25, 0.3) is 0 Å². The SMILES string of the molecule is O=C1CN(c2nnc(CCCl)o2)CCCN1. The van der Waals surface area contributed by atoms with Crippen LogP contribution in [0, 0.1) is 0 Å². The molecule has 7 heteroatoms. The number of hydrogen-bond donors (Lipinski definition) is 1. The Morgan fingerprint density at radius 1 is 1.50 bits per heavy atom. The number of aromatic nitrogens is 2. The Morgan fingerprint density at radius 2 is 2.38 bits per heavy atom. The summed E-state index contributed by atoms with van der Waals surface area (Å²) in [6, 6.07) is 0.400. The summed E-state index contributed by atoms with van der Waals surface area (Å²) in [7, 11) is 0. The van der Waals surface area contributed by atoms with Gasteiger partial charge in [0.1, 0.15) is 6.54 Å². The largest absolute Gasteiger partial charge is 0.408 e. The molecule has 88 valence electrons. The fourth-order valence-electron chi connectivity index (χ4n) is 1.52. The third-order valence-corrected chi connectivity index (χ3v) is 2.49. The van der Waals surface area contributed by atoms with E-state index < -0.39 is 0 Å². The molecule has 1 aliphatic heterocycles. The van der Waals surface area contributed by atoms with Crippen LogP contribution in [0.15, 0.2) is 4.42 Å². The predicted molar refractivity (Wildman–Crippen MR) is 58.6 cm³/mol. The molecule has 0 atom stereocenters. The number of carbonyl (C=O) groups excluding carboxylic acids is 1. The maximum Gasteiger partial charge on any atom is 0.318 e. The molecular formula is C9H13ClN4O2. The molecule has 1 N–H and O–H groups in total. The average molecular weight is 245 g/mol. The minimum absolute atomic E-state index is 0.0189. The number of hydrogen-bond acceptors (Lipinski definition) is 5. The molecule has 0 unspecified atom stereocenters. The number of rotatable bonds is 3. The van der Waals surface area contributed by atoms with Gasteiger partial charge in [0.05, 0.1) is 0 Å². The molecule has 1 aromatic rings. The molecule has 2 rings (SSSR count). The van der Waals surface area contributed by atoms with Crippen molar-refractivity contribution in [2.45, 2.75) is 12.8 Å². The molecule has 0 spiro atoms. The quantitative estimate of drug-likeness (QED) is 0.768. The van der Waals surface area contributed by atoms with Crippen LogP contribution in [0.3, 0.4) is 0 Å². The van der Waals surface area contributed by atoms with Gasteiger partial charge < -0.3 is 14.6 Å². The first-order chi connectivity index (χ1) is 7.79. The van der Waals surface area contributed by atoms with Gasteiger partial charge in [-0.3, -0.25) is 4.79 Å². The highest BCUT2D eigenvalue weighted by atomic mass is 35.5. The Bertz CT molecular complexity index is 368. The van der Waals surface area contributed by atoms with Gasteiger partial charge in [-0.15, -0.1) is 16.7 Å². The molecular weight excluding hydrogens is 232 g/mol. The zero-order valence-corrected chi connectivity index (χ0v) is 9.53. The van der Waals surface area contributed by atoms with E-state index in [1.807, 2.05) is 0 Å². The smallest absolute Gasteiger partial charge is 0.318 e. The van der Waals surface area contributed by atoms with Crippen LogP contribution in [0.1, 0.15) is 12.3 Å². The summed E-state index contributed by atoms with van der Waals surface area (Å²) in [5.41, 5.74) is 0. The summed E-state index contributed by atoms with van der Waals surface area (Å²) in [6.45, 7) is 1.70. The van der Waals surface area contributed by atoms with Crippen LogP contribution >= 0.6 is 11.6 Å². The van der Waals surface area contributed by atoms with Crippen molar-refractivity contribution >= 4 is 23.5 Å². The van der Waals surface area contributed by atoms with E-state index in [4.69, 9.17) is 16.0 Å². The third-order valence-electron chi connectivity index (χ3n) is 2.30. The maximum atomic E-state index is 11.3. The second-order valence-corrected chi connectivity index (χ2v) is 3.92. The lowest BCUT2D eigenvalue weighted by molar-refractivity contribution is -0.119. The topological polar surface area (TPSA) is 71.3 Å². The number of anilines is 1. The van der Waals surface area contributed by atoms with Gasteiger partial charge in [0.2, 0.25) is 11.8 Å². The van der Waals surface area contributed by atoms with Crippen LogP contribution in [0.5, 0.6) is 0 Å². The molecule has 1 aliphatic rings. The second-order valence-electron chi connectivity index (χ2n) is 3.54. The molecule has 1 saturated heterocycles. The van der Waals surface area contributed by atoms with Gasteiger partial charge in [-0.05, 0) is 6.42 Å². The Hall–Kier alpha value is -1.30. The summed E-state index contributed by atoms with van der Waals surface area (Å²) in [4.78, 5) is 13.1. The van der Waals surface area contributed by atoms with E-state index in [1.165, 1.54) is 0 Å². The van der Waals surface area contributed by atoms with Crippen molar-refractivity contribution in [2.75, 3.05) is 30.4 Å². The van der Waals surface area contributed by atoms with Crippen LogP contribution in [-0.2, 0) is 11.2 Å². The Kier molecular flexibility index (Phi) is 3.61. The van der Waals surface area contributed by atoms with Crippen LogP contribution in [0.4, 0.5) is 6.01 Å². The highest BCUT2D eigenvalue weighted by molar-refractivity contribution is 6.17. The first-order valence-corrected chi connectivity index (χ1v) is 5.73. The van der Waals surface area contributed by atoms with Gasteiger partial charge in [-0.2, -0.15) is 0 Å². The van der Waals surface area contributed by atoms with Gasteiger partial charge in [-0.25, -0.2) is 0 Å². The molecule has 0 saturated carbocycles. The lowest BCUT2D eigenvalue weighted by Crippen LogP contribution is -2.33. The summed E-state index contributed by atoms with van der Waals surface area (Å²) < 4.78 is 5.41. The highest BCUT2D eigenvalue weighted by Gasteiger charge is 2.19. The van der Waals surface area contributed by atoms with Crippen LogP contribution in [0.2, 0.25) is 0 Å². The van der Waals surface area contributed by atoms with Crippen LogP contribution in [0.25, 0.3) is 0 Å². The number of nitrogens with one attached hydrogen (secondary N) is 1. The van der Waals surface area contributed by atoms with E-state index in [9.17, 15) is 4.79 Å². The molecule has 1 amide bonds. The lowest BCUT2D eigenvalue weighted by atomic mass is 10.4. The van der Waals surface area contributed by atoms with Crippen molar-refractivity contribution in [1.29, 1.82) is 0 Å². The highest BCUT2D eigenvalue weighted by Crippen LogP contribution is 2.13. The number of halogens is 1. The number of aryl methyl sites for hydroxylation is 1. The zero-order chi connectivity index (χ0) is 11.4. The van der Waals surface area contributed by atoms with Crippen molar-refractivity contribution in [3.63, 3.8) is 0 Å². The third kappa shape index (κ3) is 2.63. The molecule has 0 aromatic carbocycles. The average Bonchev–Trinajstić information content (AvgIpc) is 2.61. The Morgan fingerprint density at radius 3 is 3.19 bits per heavy atom. The van der Waals surface area contributed by atoms with Gasteiger partial charge in [0.15, 0.2) is 0 Å². The van der Waals surface area contributed by atoms with Gasteiger partial charge in [0, 0.05) is 25.4 Å². The second kappa shape index (κ2) is 5.16. The fraction of sp³-hybridized carbons (Fsp3) is 0.667. The van der Waals surface area contributed by atoms with E-state index >= 15 is 0 Å². The van der Waals surface area contributed by atoms with E-state index in [-0.39, 0.29) is 12.5 Å². The monoisotopic (exact) mass is 244 g/mol. The van der Waals surface area contributed by atoms with Gasteiger partial charge in [-0.1, -0.05) is 5.10 Å². The van der Waals surface area contributed by atoms with Crippen molar-refractivity contribution in [3.05, 3.63) is 5.89 Å². The molecule has 0 aliphatic carbocycles. The Labute approximate surface area is 98.0 Å². The lowest BCUT2D eigenvalue weighted by Gasteiger charge is -2.14. The van der Waals surface area contributed by atoms with E-state index in [2.05, 4.69) is 15.5 Å². The number of nitrogens with zero attached hydrogens (tertiary/aromatic N) is 3. The summed E-state index contributed by atoms with van der Waals surface area (Å²) in [5.74, 6) is 0.937.